The summed E-state index contributed by atoms with van der Waals surface area (Å²) < 4.78 is 29.2. The van der Waals surface area contributed by atoms with E-state index in [4.69, 9.17) is 5.11 Å². The van der Waals surface area contributed by atoms with E-state index >= 15 is 0 Å². The van der Waals surface area contributed by atoms with Crippen molar-refractivity contribution in [1.82, 2.24) is 5.32 Å². The Labute approximate surface area is 79.2 Å². The normalized spacial score (nSPS) is 10.5. The van der Waals surface area contributed by atoms with Crippen molar-refractivity contribution < 1.29 is 21.9 Å². The summed E-state index contributed by atoms with van der Waals surface area (Å²) in [6.07, 6.45) is 0. The molecule has 0 atom stereocenters. The summed E-state index contributed by atoms with van der Waals surface area (Å²) in [5.41, 5.74) is 0. The van der Waals surface area contributed by atoms with Gasteiger partial charge in [-0.1, -0.05) is 0 Å². The number of rotatable bonds is 5. The number of aliphatic hydroxyl groups excluding tert-OH is 1. The molecule has 0 amide bonds. The summed E-state index contributed by atoms with van der Waals surface area (Å²) >= 11 is 0. The average molecular weight is 215 g/mol. The van der Waals surface area contributed by atoms with Crippen molar-refractivity contribution in [1.29, 1.82) is 0 Å². The van der Waals surface area contributed by atoms with Gasteiger partial charge >= 0.3 is 10.4 Å². The third-order valence-electron chi connectivity index (χ3n) is 0.581. The Kier molecular flexibility index (Phi) is 11.6. The van der Waals surface area contributed by atoms with E-state index in [1.807, 2.05) is 14.1 Å². The van der Waals surface area contributed by atoms with Gasteiger partial charge in [0.2, 0.25) is 0 Å². The predicted molar refractivity (Wildman–Crippen MR) is 48.6 cm³/mol. The van der Waals surface area contributed by atoms with Crippen molar-refractivity contribution in [2.24, 2.45) is 0 Å². The molecule has 0 aromatic rings. The summed E-state index contributed by atoms with van der Waals surface area (Å²) in [6.45, 7) is 0.961. The van der Waals surface area contributed by atoms with Crippen LogP contribution in [0.3, 0.4) is 0 Å². The van der Waals surface area contributed by atoms with Gasteiger partial charge in [-0.25, -0.2) is 8.37 Å². The van der Waals surface area contributed by atoms with Gasteiger partial charge in [0.15, 0.2) is 0 Å². The first-order chi connectivity index (χ1) is 6.04. The van der Waals surface area contributed by atoms with E-state index < -0.39 is 10.4 Å². The molecule has 0 fully saturated rings. The van der Waals surface area contributed by atoms with Crippen molar-refractivity contribution in [2.45, 2.75) is 6.92 Å². The molecular formula is C6H17NO5S. The molecule has 0 radical (unpaired) electrons. The molecule has 0 aliphatic heterocycles. The van der Waals surface area contributed by atoms with Gasteiger partial charge in [0, 0.05) is 0 Å². The van der Waals surface area contributed by atoms with E-state index in [0.29, 0.717) is 0 Å². The molecular weight excluding hydrogens is 198 g/mol. The molecule has 0 saturated heterocycles. The molecule has 2 N–H and O–H groups in total. The van der Waals surface area contributed by atoms with E-state index in [1.54, 1.807) is 0 Å². The second kappa shape index (κ2) is 9.87. The highest BCUT2D eigenvalue weighted by Gasteiger charge is 2.08. The first-order valence-corrected chi connectivity index (χ1v) is 5.10. The molecule has 0 spiro atoms. The number of aliphatic hydroxyl groups is 1. The fourth-order valence-corrected chi connectivity index (χ4v) is 0.953. The Balaban J connectivity index is 0. The molecule has 0 bridgehead atoms. The lowest BCUT2D eigenvalue weighted by atomic mass is 10.8. The third kappa shape index (κ3) is 14.6. The van der Waals surface area contributed by atoms with Crippen LogP contribution in [-0.2, 0) is 18.8 Å². The highest BCUT2D eigenvalue weighted by Crippen LogP contribution is 1.93. The average Bonchev–Trinajstić information content (AvgIpc) is 2.02. The number of nitrogens with one attached hydrogen (secondary N) is 1. The van der Waals surface area contributed by atoms with E-state index in [0.717, 1.165) is 0 Å². The fraction of sp³-hybridized carbons (Fsp3) is 1.00. The minimum absolute atomic E-state index is 0.0355. The lowest BCUT2D eigenvalue weighted by Crippen LogP contribution is -2.12. The third-order valence-corrected chi connectivity index (χ3v) is 1.56. The maximum Gasteiger partial charge on any atom is 0.399 e. The second-order valence-electron chi connectivity index (χ2n) is 1.86. The fourth-order valence-electron chi connectivity index (χ4n) is 0.318. The highest BCUT2D eigenvalue weighted by atomic mass is 32.3. The van der Waals surface area contributed by atoms with Crippen LogP contribution in [0, 0.1) is 0 Å². The second-order valence-corrected chi connectivity index (χ2v) is 3.15. The first kappa shape index (κ1) is 15.3. The largest absolute Gasteiger partial charge is 0.399 e. The van der Waals surface area contributed by atoms with Gasteiger partial charge in [-0.15, -0.1) is 0 Å². The van der Waals surface area contributed by atoms with Crippen LogP contribution in [0.5, 0.6) is 0 Å². The lowest BCUT2D eigenvalue weighted by Gasteiger charge is -2.00. The zero-order chi connectivity index (χ0) is 10.7. The molecule has 0 aliphatic carbocycles. The van der Waals surface area contributed by atoms with Crippen molar-refractivity contribution >= 4 is 10.4 Å². The molecule has 0 saturated carbocycles. The van der Waals surface area contributed by atoms with Gasteiger partial charge in [-0.05, 0) is 21.0 Å². The van der Waals surface area contributed by atoms with Crippen LogP contribution >= 0.6 is 0 Å². The summed E-state index contributed by atoms with van der Waals surface area (Å²) in [7, 11) is -0.104. The zero-order valence-electron chi connectivity index (χ0n) is 8.11. The molecule has 13 heavy (non-hydrogen) atoms. The Bertz CT molecular complexity index is 179. The van der Waals surface area contributed by atoms with Crippen LogP contribution in [-0.4, -0.2) is 47.4 Å². The Morgan fingerprint density at radius 1 is 1.31 bits per heavy atom. The predicted octanol–water partition coefficient (Wildman–Crippen LogP) is -0.888. The summed E-state index contributed by atoms with van der Waals surface area (Å²) in [5, 5.41) is 10.9. The molecule has 0 rings (SSSR count). The van der Waals surface area contributed by atoms with E-state index in [9.17, 15) is 8.42 Å². The van der Waals surface area contributed by atoms with Crippen LogP contribution in [0.15, 0.2) is 0 Å². The summed E-state index contributed by atoms with van der Waals surface area (Å²) in [5.74, 6) is 0. The van der Waals surface area contributed by atoms with Crippen molar-refractivity contribution in [3.8, 4) is 0 Å². The van der Waals surface area contributed by atoms with Gasteiger partial charge in [-0.3, -0.25) is 0 Å². The van der Waals surface area contributed by atoms with E-state index in [2.05, 4.69) is 13.7 Å². The quantitative estimate of drug-likeness (QED) is 0.619. The zero-order valence-corrected chi connectivity index (χ0v) is 8.93. The molecule has 0 aliphatic rings. The molecule has 6 nitrogen and oxygen atoms in total. The van der Waals surface area contributed by atoms with Gasteiger partial charge in [0.05, 0.1) is 19.8 Å². The Morgan fingerprint density at radius 3 is 2.08 bits per heavy atom. The van der Waals surface area contributed by atoms with Crippen LogP contribution in [0.25, 0.3) is 0 Å². The minimum atomic E-state index is -3.85. The SMILES string of the molecule is CCOS(=O)(=O)OCCO.CNC. The van der Waals surface area contributed by atoms with E-state index in [1.165, 1.54) is 6.92 Å². The molecule has 0 heterocycles. The topological polar surface area (TPSA) is 84.9 Å². The van der Waals surface area contributed by atoms with Crippen molar-refractivity contribution in [3.05, 3.63) is 0 Å². The molecule has 7 heteroatoms. The van der Waals surface area contributed by atoms with Crippen molar-refractivity contribution in [3.63, 3.8) is 0 Å². The maximum atomic E-state index is 10.4. The molecule has 0 unspecified atom stereocenters. The van der Waals surface area contributed by atoms with Gasteiger partial charge in [-0.2, -0.15) is 8.42 Å². The Hall–Kier alpha value is -0.210. The highest BCUT2D eigenvalue weighted by molar-refractivity contribution is 7.81. The van der Waals surface area contributed by atoms with Gasteiger partial charge in [0.1, 0.15) is 0 Å². The standard InChI is InChI=1S/C4H10O5S.C2H7N/c1-2-8-10(6,7)9-4-3-5;1-3-2/h5H,2-4H2,1H3;3H,1-2H3. The monoisotopic (exact) mass is 215 g/mol. The van der Waals surface area contributed by atoms with Crippen LogP contribution in [0.2, 0.25) is 0 Å². The van der Waals surface area contributed by atoms with Gasteiger partial charge in [0.25, 0.3) is 0 Å². The smallest absolute Gasteiger partial charge is 0.394 e. The minimum Gasteiger partial charge on any atom is -0.394 e. The van der Waals surface area contributed by atoms with Crippen molar-refractivity contribution in [2.75, 3.05) is 33.9 Å². The van der Waals surface area contributed by atoms with Gasteiger partial charge < -0.3 is 10.4 Å². The summed E-state index contributed by atoms with van der Waals surface area (Å²) in [6, 6.07) is 0. The van der Waals surface area contributed by atoms with Crippen LogP contribution in [0.4, 0.5) is 0 Å². The number of hydrogen-bond donors (Lipinski definition) is 2. The first-order valence-electron chi connectivity index (χ1n) is 3.77. The molecule has 0 aromatic heterocycles. The Morgan fingerprint density at radius 2 is 1.77 bits per heavy atom. The molecule has 82 valence electrons. The maximum absolute atomic E-state index is 10.4. The lowest BCUT2D eigenvalue weighted by molar-refractivity contribution is 0.171. The van der Waals surface area contributed by atoms with Crippen LogP contribution < -0.4 is 5.32 Å². The van der Waals surface area contributed by atoms with E-state index in [-0.39, 0.29) is 19.8 Å². The molecule has 0 aromatic carbocycles. The van der Waals surface area contributed by atoms with Crippen LogP contribution in [0.1, 0.15) is 6.92 Å². The summed E-state index contributed by atoms with van der Waals surface area (Å²) in [4.78, 5) is 0. The number of hydrogen-bond acceptors (Lipinski definition) is 6.